The van der Waals surface area contributed by atoms with Gasteiger partial charge in [0.2, 0.25) is 5.91 Å². The smallest absolute Gasteiger partial charge is 0.333 e. The Labute approximate surface area is 150 Å². The van der Waals surface area contributed by atoms with E-state index in [1.165, 1.54) is 6.42 Å². The second-order valence-corrected chi connectivity index (χ2v) is 7.10. The van der Waals surface area contributed by atoms with Crippen LogP contribution in [-0.2, 0) is 14.3 Å². The maximum absolute atomic E-state index is 12.5. The summed E-state index contributed by atoms with van der Waals surface area (Å²) in [5, 5.41) is 2.86. The molecule has 1 aliphatic heterocycles. The van der Waals surface area contributed by atoms with Crippen LogP contribution in [0, 0.1) is 5.92 Å². The van der Waals surface area contributed by atoms with Gasteiger partial charge in [0.05, 0.1) is 13.2 Å². The molecule has 5 heteroatoms. The van der Waals surface area contributed by atoms with Gasteiger partial charge in [-0.05, 0) is 43.8 Å². The van der Waals surface area contributed by atoms with Gasteiger partial charge in [0, 0.05) is 0 Å². The minimum atomic E-state index is -0.745. The van der Waals surface area contributed by atoms with E-state index in [0.717, 1.165) is 37.9 Å². The highest BCUT2D eigenvalue weighted by Crippen LogP contribution is 2.16. The van der Waals surface area contributed by atoms with Crippen molar-refractivity contribution in [3.05, 3.63) is 35.9 Å². The number of piperidine rings is 1. The molecule has 0 aliphatic carbocycles. The summed E-state index contributed by atoms with van der Waals surface area (Å²) in [5.41, 5.74) is 0.754. The second-order valence-electron chi connectivity index (χ2n) is 7.10. The topological polar surface area (TPSA) is 58.6 Å². The number of rotatable bonds is 8. The molecule has 1 aliphatic rings. The lowest BCUT2D eigenvalue weighted by molar-refractivity contribution is -0.148. The first-order chi connectivity index (χ1) is 12.1. The van der Waals surface area contributed by atoms with Crippen LogP contribution in [0.15, 0.2) is 30.3 Å². The molecule has 0 saturated carbocycles. The lowest BCUT2D eigenvalue weighted by Crippen LogP contribution is -2.43. The molecule has 0 radical (unpaired) electrons. The van der Waals surface area contributed by atoms with Crippen molar-refractivity contribution in [2.75, 3.05) is 26.2 Å². The Morgan fingerprint density at radius 2 is 1.80 bits per heavy atom. The number of carbonyl (C=O) groups excluding carboxylic acids is 2. The molecule has 1 amide bonds. The molecule has 1 saturated heterocycles. The van der Waals surface area contributed by atoms with Gasteiger partial charge in [-0.15, -0.1) is 0 Å². The number of nitrogens with one attached hydrogen (secondary N) is 1. The molecule has 1 N–H and O–H groups in total. The normalized spacial score (nSPS) is 16.4. The summed E-state index contributed by atoms with van der Waals surface area (Å²) in [6, 6.07) is 8.55. The average molecular weight is 346 g/mol. The zero-order valence-corrected chi connectivity index (χ0v) is 15.4. The number of amides is 1. The predicted molar refractivity (Wildman–Crippen MR) is 98.0 cm³/mol. The van der Waals surface area contributed by atoms with E-state index in [-0.39, 0.29) is 11.9 Å². The first kappa shape index (κ1) is 19.4. The third-order valence-corrected chi connectivity index (χ3v) is 4.43. The van der Waals surface area contributed by atoms with Crippen LogP contribution in [0.3, 0.4) is 0 Å². The van der Waals surface area contributed by atoms with Crippen molar-refractivity contribution in [3.63, 3.8) is 0 Å². The summed E-state index contributed by atoms with van der Waals surface area (Å²) in [7, 11) is 0. The summed E-state index contributed by atoms with van der Waals surface area (Å²) >= 11 is 0. The van der Waals surface area contributed by atoms with Crippen LogP contribution in [0.1, 0.15) is 51.1 Å². The number of hydrogen-bond acceptors (Lipinski definition) is 4. The fourth-order valence-electron chi connectivity index (χ4n) is 2.93. The summed E-state index contributed by atoms with van der Waals surface area (Å²) in [6.07, 6.45) is 4.31. The standard InChI is InChI=1S/C20H30N2O3/c1-16(2)11-14-25-20(24)19(17-9-5-3-6-10-17)21-18(23)15-22-12-7-4-8-13-22/h3,5-6,9-10,16,19H,4,7-8,11-15H2,1-2H3,(H,21,23). The van der Waals surface area contributed by atoms with Gasteiger partial charge in [0.15, 0.2) is 6.04 Å². The molecule has 0 spiro atoms. The van der Waals surface area contributed by atoms with Crippen LogP contribution in [0.5, 0.6) is 0 Å². The third kappa shape index (κ3) is 6.86. The molecule has 2 rings (SSSR count). The highest BCUT2D eigenvalue weighted by molar-refractivity contribution is 5.86. The van der Waals surface area contributed by atoms with E-state index in [4.69, 9.17) is 4.74 Å². The van der Waals surface area contributed by atoms with Crippen molar-refractivity contribution in [1.82, 2.24) is 10.2 Å². The van der Waals surface area contributed by atoms with Gasteiger partial charge in [0.1, 0.15) is 0 Å². The van der Waals surface area contributed by atoms with Crippen LogP contribution >= 0.6 is 0 Å². The molecule has 0 aromatic heterocycles. The Balaban J connectivity index is 1.96. The van der Waals surface area contributed by atoms with E-state index in [1.54, 1.807) is 0 Å². The van der Waals surface area contributed by atoms with Crippen molar-refractivity contribution in [2.24, 2.45) is 5.92 Å². The van der Waals surface area contributed by atoms with Crippen molar-refractivity contribution >= 4 is 11.9 Å². The van der Waals surface area contributed by atoms with Crippen LogP contribution in [0.25, 0.3) is 0 Å². The minimum absolute atomic E-state index is 0.128. The lowest BCUT2D eigenvalue weighted by atomic mass is 10.1. The lowest BCUT2D eigenvalue weighted by Gasteiger charge is -2.26. The molecular weight excluding hydrogens is 316 g/mol. The summed E-state index contributed by atoms with van der Waals surface area (Å²) in [4.78, 5) is 27.1. The van der Waals surface area contributed by atoms with Gasteiger partial charge in [-0.25, -0.2) is 4.79 Å². The van der Waals surface area contributed by atoms with E-state index >= 15 is 0 Å². The number of nitrogens with zero attached hydrogens (tertiary/aromatic N) is 1. The van der Waals surface area contributed by atoms with E-state index in [9.17, 15) is 9.59 Å². The van der Waals surface area contributed by atoms with Gasteiger partial charge >= 0.3 is 5.97 Å². The summed E-state index contributed by atoms with van der Waals surface area (Å²) in [5.74, 6) is -0.0490. The van der Waals surface area contributed by atoms with Crippen LogP contribution in [0.2, 0.25) is 0 Å². The van der Waals surface area contributed by atoms with Crippen molar-refractivity contribution in [3.8, 4) is 0 Å². The maximum atomic E-state index is 12.5. The predicted octanol–water partition coefficient (Wildman–Crippen LogP) is 2.92. The second kappa shape index (κ2) is 10.2. The van der Waals surface area contributed by atoms with Gasteiger partial charge in [-0.2, -0.15) is 0 Å². The largest absolute Gasteiger partial charge is 0.464 e. The minimum Gasteiger partial charge on any atom is -0.464 e. The van der Waals surface area contributed by atoms with Gasteiger partial charge in [-0.3, -0.25) is 9.69 Å². The zero-order chi connectivity index (χ0) is 18.1. The van der Waals surface area contributed by atoms with E-state index < -0.39 is 6.04 Å². The molecular formula is C20H30N2O3. The number of hydrogen-bond donors (Lipinski definition) is 1. The number of carbonyl (C=O) groups is 2. The fourth-order valence-corrected chi connectivity index (χ4v) is 2.93. The van der Waals surface area contributed by atoms with Gasteiger partial charge in [-0.1, -0.05) is 50.6 Å². The molecule has 1 aromatic rings. The Bertz CT molecular complexity index is 539. The van der Waals surface area contributed by atoms with Crippen molar-refractivity contribution < 1.29 is 14.3 Å². The Kier molecular flexibility index (Phi) is 7.92. The molecule has 138 valence electrons. The van der Waals surface area contributed by atoms with Gasteiger partial charge < -0.3 is 10.1 Å². The Morgan fingerprint density at radius 1 is 1.12 bits per heavy atom. The van der Waals surface area contributed by atoms with Crippen LogP contribution in [-0.4, -0.2) is 43.0 Å². The average Bonchev–Trinajstić information content (AvgIpc) is 2.61. The number of benzene rings is 1. The third-order valence-electron chi connectivity index (χ3n) is 4.43. The van der Waals surface area contributed by atoms with Crippen molar-refractivity contribution in [1.29, 1.82) is 0 Å². The van der Waals surface area contributed by atoms with Gasteiger partial charge in [0.25, 0.3) is 0 Å². The Hall–Kier alpha value is -1.88. The maximum Gasteiger partial charge on any atom is 0.333 e. The molecule has 5 nitrogen and oxygen atoms in total. The number of likely N-dealkylation sites (tertiary alicyclic amines) is 1. The fraction of sp³-hybridized carbons (Fsp3) is 0.600. The van der Waals surface area contributed by atoms with E-state index in [1.807, 2.05) is 30.3 Å². The molecule has 0 bridgehead atoms. The number of ether oxygens (including phenoxy) is 1. The monoisotopic (exact) mass is 346 g/mol. The molecule has 1 fully saturated rings. The molecule has 1 atom stereocenters. The number of esters is 1. The van der Waals surface area contributed by atoms with E-state index in [2.05, 4.69) is 24.1 Å². The molecule has 1 heterocycles. The SMILES string of the molecule is CC(C)CCOC(=O)C(NC(=O)CN1CCCCC1)c1ccccc1. The molecule has 1 aromatic carbocycles. The van der Waals surface area contributed by atoms with E-state index in [0.29, 0.717) is 19.1 Å². The van der Waals surface area contributed by atoms with Crippen LogP contribution in [0.4, 0.5) is 0 Å². The highest BCUT2D eigenvalue weighted by atomic mass is 16.5. The summed E-state index contributed by atoms with van der Waals surface area (Å²) in [6.45, 7) is 6.78. The first-order valence-corrected chi connectivity index (χ1v) is 9.29. The Morgan fingerprint density at radius 3 is 2.44 bits per heavy atom. The zero-order valence-electron chi connectivity index (χ0n) is 15.4. The van der Waals surface area contributed by atoms with Crippen LogP contribution < -0.4 is 5.32 Å². The van der Waals surface area contributed by atoms with Crippen molar-refractivity contribution in [2.45, 2.75) is 45.6 Å². The molecule has 1 unspecified atom stereocenters. The molecule has 25 heavy (non-hydrogen) atoms. The quantitative estimate of drug-likeness (QED) is 0.735. The first-order valence-electron chi connectivity index (χ1n) is 9.29. The summed E-state index contributed by atoms with van der Waals surface area (Å²) < 4.78 is 5.39. The highest BCUT2D eigenvalue weighted by Gasteiger charge is 2.25.